The summed E-state index contributed by atoms with van der Waals surface area (Å²) in [5.41, 5.74) is 1.03. The minimum atomic E-state index is 0.221. The number of hydrogen-bond acceptors (Lipinski definition) is 3. The van der Waals surface area contributed by atoms with Crippen molar-refractivity contribution in [3.8, 4) is 11.7 Å². The van der Waals surface area contributed by atoms with Gasteiger partial charge < -0.3 is 9.15 Å². The number of ether oxygens (including phenoxy) is 1. The highest BCUT2D eigenvalue weighted by Gasteiger charge is 2.07. The van der Waals surface area contributed by atoms with Crippen LogP contribution in [0.25, 0.3) is 0 Å². The van der Waals surface area contributed by atoms with Crippen molar-refractivity contribution in [3.05, 3.63) is 46.7 Å². The molecule has 0 radical (unpaired) electrons. The third kappa shape index (κ3) is 2.25. The van der Waals surface area contributed by atoms with Gasteiger partial charge in [0.05, 0.1) is 5.02 Å². The topological polar surface area (TPSA) is 39.4 Å². The minimum Gasteiger partial charge on any atom is -0.424 e. The maximum atomic E-state index is 10.4. The Labute approximate surface area is 97.6 Å². The molecule has 82 valence electrons. The lowest BCUT2D eigenvalue weighted by Crippen LogP contribution is -1.84. The third-order valence-corrected chi connectivity index (χ3v) is 2.33. The van der Waals surface area contributed by atoms with Crippen molar-refractivity contribution in [3.63, 3.8) is 0 Å². The summed E-state index contributed by atoms with van der Waals surface area (Å²) in [4.78, 5) is 10.4. The van der Waals surface area contributed by atoms with Crippen LogP contribution < -0.4 is 4.74 Å². The van der Waals surface area contributed by atoms with Gasteiger partial charge in [0.1, 0.15) is 5.75 Å². The van der Waals surface area contributed by atoms with Gasteiger partial charge in [0.2, 0.25) is 0 Å². The molecule has 0 unspecified atom stereocenters. The van der Waals surface area contributed by atoms with Gasteiger partial charge >= 0.3 is 0 Å². The van der Waals surface area contributed by atoms with Crippen LogP contribution in [0.15, 0.2) is 34.7 Å². The molecule has 0 amide bonds. The molecule has 0 fully saturated rings. The molecule has 3 nitrogen and oxygen atoms in total. The van der Waals surface area contributed by atoms with Crippen molar-refractivity contribution < 1.29 is 13.9 Å². The second-order valence-electron chi connectivity index (χ2n) is 3.31. The third-order valence-electron chi connectivity index (χ3n) is 2.02. The second-order valence-corrected chi connectivity index (χ2v) is 3.72. The van der Waals surface area contributed by atoms with Crippen LogP contribution in [0.5, 0.6) is 11.7 Å². The maximum absolute atomic E-state index is 10.4. The fourth-order valence-corrected chi connectivity index (χ4v) is 1.41. The molecular formula is C12H9ClO3. The molecule has 0 N–H and O–H groups in total. The number of carbonyl (C=O) groups is 1. The van der Waals surface area contributed by atoms with Gasteiger partial charge in [0.15, 0.2) is 12.0 Å². The Morgan fingerprint density at radius 2 is 2.12 bits per heavy atom. The Bertz CT molecular complexity index is 517. The van der Waals surface area contributed by atoms with E-state index >= 15 is 0 Å². The van der Waals surface area contributed by atoms with Crippen LogP contribution in [0.4, 0.5) is 0 Å². The first-order valence-electron chi connectivity index (χ1n) is 4.68. The fourth-order valence-electron chi connectivity index (χ4n) is 1.25. The Balaban J connectivity index is 2.26. The number of benzene rings is 1. The molecule has 0 aliphatic carbocycles. The maximum Gasteiger partial charge on any atom is 0.290 e. The van der Waals surface area contributed by atoms with E-state index < -0.39 is 0 Å². The number of rotatable bonds is 3. The molecule has 0 saturated heterocycles. The van der Waals surface area contributed by atoms with E-state index in [9.17, 15) is 4.79 Å². The number of hydrogen-bond donors (Lipinski definition) is 0. The second kappa shape index (κ2) is 4.41. The number of aldehydes is 1. The van der Waals surface area contributed by atoms with E-state index in [-0.39, 0.29) is 11.7 Å². The van der Waals surface area contributed by atoms with Gasteiger partial charge in [-0.1, -0.05) is 17.7 Å². The molecule has 1 aromatic carbocycles. The van der Waals surface area contributed by atoms with Crippen molar-refractivity contribution in [2.75, 3.05) is 0 Å². The van der Waals surface area contributed by atoms with Gasteiger partial charge in [-0.15, -0.1) is 0 Å². The summed E-state index contributed by atoms with van der Waals surface area (Å²) >= 11 is 5.95. The minimum absolute atomic E-state index is 0.221. The van der Waals surface area contributed by atoms with Crippen LogP contribution >= 0.6 is 11.6 Å². The highest BCUT2D eigenvalue weighted by atomic mass is 35.5. The van der Waals surface area contributed by atoms with Crippen LogP contribution in [-0.2, 0) is 0 Å². The number of aryl methyl sites for hydroxylation is 1. The smallest absolute Gasteiger partial charge is 0.290 e. The molecule has 0 aliphatic heterocycles. The number of furan rings is 1. The number of carbonyl (C=O) groups excluding carboxylic acids is 1. The fraction of sp³-hybridized carbons (Fsp3) is 0.0833. The Hall–Kier alpha value is -1.74. The van der Waals surface area contributed by atoms with Crippen LogP contribution in [0.3, 0.4) is 0 Å². The predicted molar refractivity (Wildman–Crippen MR) is 60.4 cm³/mol. The highest BCUT2D eigenvalue weighted by Crippen LogP contribution is 2.30. The summed E-state index contributed by atoms with van der Waals surface area (Å²) in [7, 11) is 0. The monoisotopic (exact) mass is 236 g/mol. The molecular weight excluding hydrogens is 228 g/mol. The lowest BCUT2D eigenvalue weighted by molar-refractivity contribution is 0.109. The largest absolute Gasteiger partial charge is 0.424 e. The summed E-state index contributed by atoms with van der Waals surface area (Å²) in [6.45, 7) is 1.93. The molecule has 16 heavy (non-hydrogen) atoms. The van der Waals surface area contributed by atoms with E-state index in [1.54, 1.807) is 18.2 Å². The molecule has 2 aromatic rings. The summed E-state index contributed by atoms with van der Waals surface area (Å²) in [5, 5.41) is 0.495. The molecule has 1 aromatic heterocycles. The molecule has 2 rings (SSSR count). The van der Waals surface area contributed by atoms with Crippen molar-refractivity contribution in [2.45, 2.75) is 6.92 Å². The SMILES string of the molecule is Cc1ccc(Cl)c(Oc2ccc(C=O)o2)c1. The summed E-state index contributed by atoms with van der Waals surface area (Å²) in [5.74, 6) is 0.974. The van der Waals surface area contributed by atoms with Crippen LogP contribution in [0.2, 0.25) is 5.02 Å². The predicted octanol–water partition coefficient (Wildman–Crippen LogP) is 3.85. The van der Waals surface area contributed by atoms with E-state index in [0.717, 1.165) is 5.56 Å². The lowest BCUT2D eigenvalue weighted by atomic mass is 10.2. The summed E-state index contributed by atoms with van der Waals surface area (Å²) < 4.78 is 10.5. The van der Waals surface area contributed by atoms with E-state index in [0.29, 0.717) is 17.1 Å². The van der Waals surface area contributed by atoms with Gasteiger partial charge in [-0.2, -0.15) is 0 Å². The first kappa shape index (κ1) is 10.8. The molecule has 0 bridgehead atoms. The molecule has 1 heterocycles. The van der Waals surface area contributed by atoms with E-state index in [1.807, 2.05) is 13.0 Å². The zero-order chi connectivity index (χ0) is 11.5. The average molecular weight is 237 g/mol. The zero-order valence-electron chi connectivity index (χ0n) is 8.57. The summed E-state index contributed by atoms with van der Waals surface area (Å²) in [6, 6.07) is 8.53. The van der Waals surface area contributed by atoms with Crippen LogP contribution in [0, 0.1) is 6.92 Å². The highest BCUT2D eigenvalue weighted by molar-refractivity contribution is 6.32. The number of halogens is 1. The quantitative estimate of drug-likeness (QED) is 0.760. The van der Waals surface area contributed by atoms with Gasteiger partial charge in [-0.3, -0.25) is 4.79 Å². The summed E-state index contributed by atoms with van der Waals surface area (Å²) in [6.07, 6.45) is 0.616. The first-order chi connectivity index (χ1) is 7.69. The van der Waals surface area contributed by atoms with E-state index in [4.69, 9.17) is 20.8 Å². The standard InChI is InChI=1S/C12H9ClO3/c1-8-2-4-10(13)11(6-8)16-12-5-3-9(7-14)15-12/h2-7H,1H3. The van der Waals surface area contributed by atoms with Gasteiger partial charge in [0, 0.05) is 6.07 Å². The van der Waals surface area contributed by atoms with Crippen molar-refractivity contribution in [1.82, 2.24) is 0 Å². The molecule has 0 spiro atoms. The van der Waals surface area contributed by atoms with Gasteiger partial charge in [-0.05, 0) is 30.7 Å². The van der Waals surface area contributed by atoms with E-state index in [1.165, 1.54) is 6.07 Å². The first-order valence-corrected chi connectivity index (χ1v) is 5.06. The molecule has 0 saturated carbocycles. The van der Waals surface area contributed by atoms with Crippen molar-refractivity contribution in [2.24, 2.45) is 0 Å². The van der Waals surface area contributed by atoms with Gasteiger partial charge in [-0.25, -0.2) is 0 Å². The lowest BCUT2D eigenvalue weighted by Gasteiger charge is -2.04. The van der Waals surface area contributed by atoms with Gasteiger partial charge in [0.25, 0.3) is 5.95 Å². The molecule has 0 atom stereocenters. The molecule has 4 heteroatoms. The van der Waals surface area contributed by atoms with Crippen LogP contribution in [-0.4, -0.2) is 6.29 Å². The molecule has 0 aliphatic rings. The Kier molecular flexibility index (Phi) is 2.97. The zero-order valence-corrected chi connectivity index (χ0v) is 9.32. The Morgan fingerprint density at radius 1 is 1.31 bits per heavy atom. The normalized spacial score (nSPS) is 10.1. The average Bonchev–Trinajstić information content (AvgIpc) is 2.71. The van der Waals surface area contributed by atoms with E-state index in [2.05, 4.69) is 0 Å². The van der Waals surface area contributed by atoms with Crippen molar-refractivity contribution >= 4 is 17.9 Å². The van der Waals surface area contributed by atoms with Crippen molar-refractivity contribution in [1.29, 1.82) is 0 Å². The van der Waals surface area contributed by atoms with Crippen LogP contribution in [0.1, 0.15) is 16.1 Å². The Morgan fingerprint density at radius 3 is 2.81 bits per heavy atom.